The highest BCUT2D eigenvalue weighted by molar-refractivity contribution is 5.39. The van der Waals surface area contributed by atoms with Gasteiger partial charge in [0.25, 0.3) is 0 Å². The van der Waals surface area contributed by atoms with Gasteiger partial charge in [0.1, 0.15) is 12.1 Å². The van der Waals surface area contributed by atoms with Crippen LogP contribution >= 0.6 is 0 Å². The minimum Gasteiger partial charge on any atom is -0.354 e. The molecule has 2 aromatic heterocycles. The van der Waals surface area contributed by atoms with Gasteiger partial charge in [-0.25, -0.2) is 15.0 Å². The zero-order chi connectivity index (χ0) is 13.9. The van der Waals surface area contributed by atoms with E-state index in [-0.39, 0.29) is 0 Å². The van der Waals surface area contributed by atoms with Crippen molar-refractivity contribution in [2.45, 2.75) is 12.7 Å². The van der Waals surface area contributed by atoms with Crippen molar-refractivity contribution < 1.29 is 13.2 Å². The fourth-order valence-corrected chi connectivity index (χ4v) is 1.52. The van der Waals surface area contributed by atoms with Gasteiger partial charge in [-0.1, -0.05) is 0 Å². The molecule has 2 aromatic rings. The molecular weight excluding hydrogens is 257 g/mol. The summed E-state index contributed by atoms with van der Waals surface area (Å²) in [6.07, 6.45) is -0.512. The van der Waals surface area contributed by atoms with E-state index in [1.54, 1.807) is 24.2 Å². The molecule has 0 saturated carbocycles. The number of hydrogen-bond acceptors (Lipinski definition) is 4. The SMILES string of the molecule is CN(Cc1ccncn1)c1ccc(C(F)(F)F)cn1. The monoisotopic (exact) mass is 268 g/mol. The van der Waals surface area contributed by atoms with Gasteiger partial charge in [0, 0.05) is 19.4 Å². The van der Waals surface area contributed by atoms with Crippen LogP contribution < -0.4 is 4.90 Å². The molecule has 0 fully saturated rings. The molecule has 2 heterocycles. The molecule has 7 heteroatoms. The molecule has 0 spiro atoms. The minimum atomic E-state index is -4.36. The largest absolute Gasteiger partial charge is 0.417 e. The Morgan fingerprint density at radius 2 is 1.95 bits per heavy atom. The molecule has 0 amide bonds. The van der Waals surface area contributed by atoms with Gasteiger partial charge in [-0.2, -0.15) is 13.2 Å². The molecule has 2 rings (SSSR count). The van der Waals surface area contributed by atoms with Crippen LogP contribution in [0.15, 0.2) is 36.9 Å². The van der Waals surface area contributed by atoms with E-state index >= 15 is 0 Å². The molecule has 0 saturated heterocycles. The third-order valence-electron chi connectivity index (χ3n) is 2.51. The Kier molecular flexibility index (Phi) is 3.64. The van der Waals surface area contributed by atoms with Crippen LogP contribution in [-0.4, -0.2) is 22.0 Å². The normalized spacial score (nSPS) is 11.4. The molecule has 0 N–H and O–H groups in total. The highest BCUT2D eigenvalue weighted by atomic mass is 19.4. The first kappa shape index (κ1) is 13.3. The van der Waals surface area contributed by atoms with Crippen LogP contribution in [0.3, 0.4) is 0 Å². The minimum absolute atomic E-state index is 0.445. The molecular formula is C12H11F3N4. The lowest BCUT2D eigenvalue weighted by Gasteiger charge is -2.18. The molecule has 0 aliphatic carbocycles. The third kappa shape index (κ3) is 3.40. The topological polar surface area (TPSA) is 41.9 Å². The van der Waals surface area contributed by atoms with E-state index in [2.05, 4.69) is 15.0 Å². The van der Waals surface area contributed by atoms with Gasteiger partial charge in [-0.3, -0.25) is 0 Å². The Bertz CT molecular complexity index is 525. The number of halogens is 3. The molecule has 0 atom stereocenters. The van der Waals surface area contributed by atoms with Crippen molar-refractivity contribution in [3.8, 4) is 0 Å². The molecule has 19 heavy (non-hydrogen) atoms. The summed E-state index contributed by atoms with van der Waals surface area (Å²) in [6.45, 7) is 0.445. The maximum Gasteiger partial charge on any atom is 0.417 e. The standard InChI is InChI=1S/C12H11F3N4/c1-19(7-10-4-5-16-8-18-10)11-3-2-9(6-17-11)12(13,14)15/h2-6,8H,7H2,1H3. The van der Waals surface area contributed by atoms with Crippen LogP contribution in [-0.2, 0) is 12.7 Å². The molecule has 0 unspecified atom stereocenters. The van der Waals surface area contributed by atoms with Crippen molar-refractivity contribution in [1.29, 1.82) is 0 Å². The summed E-state index contributed by atoms with van der Waals surface area (Å²) in [5.74, 6) is 0.451. The highest BCUT2D eigenvalue weighted by Gasteiger charge is 2.30. The van der Waals surface area contributed by atoms with E-state index in [1.165, 1.54) is 12.4 Å². The lowest BCUT2D eigenvalue weighted by molar-refractivity contribution is -0.137. The summed E-state index contributed by atoms with van der Waals surface area (Å²) in [6, 6.07) is 4.09. The molecule has 0 aliphatic rings. The second kappa shape index (κ2) is 5.21. The Balaban J connectivity index is 2.10. The van der Waals surface area contributed by atoms with E-state index in [4.69, 9.17) is 0 Å². The van der Waals surface area contributed by atoms with Gasteiger partial charge in [0.05, 0.1) is 17.8 Å². The number of aromatic nitrogens is 3. The maximum atomic E-state index is 12.4. The van der Waals surface area contributed by atoms with Gasteiger partial charge in [-0.15, -0.1) is 0 Å². The van der Waals surface area contributed by atoms with Crippen molar-refractivity contribution in [2.75, 3.05) is 11.9 Å². The highest BCUT2D eigenvalue weighted by Crippen LogP contribution is 2.29. The third-order valence-corrected chi connectivity index (χ3v) is 2.51. The second-order valence-corrected chi connectivity index (χ2v) is 3.96. The zero-order valence-corrected chi connectivity index (χ0v) is 10.1. The van der Waals surface area contributed by atoms with E-state index in [9.17, 15) is 13.2 Å². The Hall–Kier alpha value is -2.18. The first-order valence-electron chi connectivity index (χ1n) is 5.46. The van der Waals surface area contributed by atoms with E-state index < -0.39 is 11.7 Å². The number of pyridine rings is 1. The van der Waals surface area contributed by atoms with Crippen LogP contribution in [0.25, 0.3) is 0 Å². The number of anilines is 1. The Morgan fingerprint density at radius 1 is 1.16 bits per heavy atom. The number of hydrogen-bond donors (Lipinski definition) is 0. The van der Waals surface area contributed by atoms with Gasteiger partial charge >= 0.3 is 6.18 Å². The summed E-state index contributed by atoms with van der Waals surface area (Å²) in [5.41, 5.74) is 0.00545. The van der Waals surface area contributed by atoms with Crippen molar-refractivity contribution >= 4 is 5.82 Å². The van der Waals surface area contributed by atoms with Crippen LogP contribution in [0.4, 0.5) is 19.0 Å². The number of alkyl halides is 3. The number of nitrogens with zero attached hydrogens (tertiary/aromatic N) is 4. The first-order chi connectivity index (χ1) is 8.97. The number of rotatable bonds is 3. The molecule has 0 aromatic carbocycles. The predicted molar refractivity (Wildman–Crippen MR) is 63.4 cm³/mol. The summed E-state index contributed by atoms with van der Waals surface area (Å²) in [7, 11) is 1.73. The second-order valence-electron chi connectivity index (χ2n) is 3.96. The van der Waals surface area contributed by atoms with E-state index in [0.717, 1.165) is 18.0 Å². The van der Waals surface area contributed by atoms with Crippen molar-refractivity contribution in [1.82, 2.24) is 15.0 Å². The van der Waals surface area contributed by atoms with Crippen LogP contribution in [0.1, 0.15) is 11.3 Å². The molecule has 0 radical (unpaired) electrons. The average Bonchev–Trinajstić information content (AvgIpc) is 2.39. The molecule has 100 valence electrons. The molecule has 4 nitrogen and oxygen atoms in total. The lowest BCUT2D eigenvalue weighted by atomic mass is 10.2. The zero-order valence-electron chi connectivity index (χ0n) is 10.1. The smallest absolute Gasteiger partial charge is 0.354 e. The maximum absolute atomic E-state index is 12.4. The Labute approximate surface area is 107 Å². The fourth-order valence-electron chi connectivity index (χ4n) is 1.52. The van der Waals surface area contributed by atoms with Crippen molar-refractivity contribution in [3.05, 3.63) is 48.2 Å². The summed E-state index contributed by atoms with van der Waals surface area (Å²) < 4.78 is 37.2. The van der Waals surface area contributed by atoms with Crippen LogP contribution in [0.5, 0.6) is 0 Å². The van der Waals surface area contributed by atoms with Gasteiger partial charge < -0.3 is 4.90 Å². The summed E-state index contributed by atoms with van der Waals surface area (Å²) in [5, 5.41) is 0. The van der Waals surface area contributed by atoms with Crippen molar-refractivity contribution in [3.63, 3.8) is 0 Å². The van der Waals surface area contributed by atoms with Crippen molar-refractivity contribution in [2.24, 2.45) is 0 Å². The van der Waals surface area contributed by atoms with E-state index in [0.29, 0.717) is 12.4 Å². The lowest BCUT2D eigenvalue weighted by Crippen LogP contribution is -2.19. The molecule has 0 bridgehead atoms. The fraction of sp³-hybridized carbons (Fsp3) is 0.250. The molecule has 0 aliphatic heterocycles. The van der Waals surface area contributed by atoms with Gasteiger partial charge in [0.2, 0.25) is 0 Å². The van der Waals surface area contributed by atoms with Gasteiger partial charge in [0.15, 0.2) is 0 Å². The average molecular weight is 268 g/mol. The first-order valence-corrected chi connectivity index (χ1v) is 5.46. The summed E-state index contributed by atoms with van der Waals surface area (Å²) in [4.78, 5) is 13.3. The van der Waals surface area contributed by atoms with Gasteiger partial charge in [-0.05, 0) is 18.2 Å². The quantitative estimate of drug-likeness (QED) is 0.857. The van der Waals surface area contributed by atoms with E-state index in [1.807, 2.05) is 0 Å². The van der Waals surface area contributed by atoms with Crippen LogP contribution in [0, 0.1) is 0 Å². The Morgan fingerprint density at radius 3 is 2.47 bits per heavy atom. The van der Waals surface area contributed by atoms with Crippen LogP contribution in [0.2, 0.25) is 0 Å². The predicted octanol–water partition coefficient (Wildman–Crippen LogP) is 2.53. The summed E-state index contributed by atoms with van der Waals surface area (Å²) >= 11 is 0.